The fraction of sp³-hybridized carbons (Fsp3) is 0.286. The Labute approximate surface area is 182 Å². The van der Waals surface area contributed by atoms with Crippen LogP contribution in [0.1, 0.15) is 11.1 Å². The summed E-state index contributed by atoms with van der Waals surface area (Å²) in [5.74, 6) is -0.373. The average molecular weight is 447 g/mol. The molecule has 3 amide bonds. The third-order valence-corrected chi connectivity index (χ3v) is 5.11. The molecule has 8 nitrogen and oxygen atoms in total. The summed E-state index contributed by atoms with van der Waals surface area (Å²) in [5, 5.41) is 11.6. The summed E-state index contributed by atoms with van der Waals surface area (Å²) < 4.78 is 45.1. The van der Waals surface area contributed by atoms with Gasteiger partial charge in [0.2, 0.25) is 5.91 Å². The molecule has 3 rings (SSSR count). The smallest absolute Gasteiger partial charge is 0.417 e. The molecule has 11 heteroatoms. The van der Waals surface area contributed by atoms with Crippen molar-refractivity contribution >= 4 is 23.3 Å². The number of carbonyl (C=O) groups excluding carboxylic acids is 2. The molecule has 0 radical (unpaired) electrons. The van der Waals surface area contributed by atoms with E-state index in [2.05, 4.69) is 5.32 Å². The van der Waals surface area contributed by atoms with E-state index in [1.807, 2.05) is 0 Å². The molecule has 1 aliphatic rings. The van der Waals surface area contributed by atoms with Crippen LogP contribution in [0.3, 0.4) is 0 Å². The zero-order chi connectivity index (χ0) is 23.5. The van der Waals surface area contributed by atoms with Crippen molar-refractivity contribution in [3.63, 3.8) is 0 Å². The van der Waals surface area contributed by atoms with Crippen molar-refractivity contribution in [3.8, 4) is 11.8 Å². The van der Waals surface area contributed by atoms with Gasteiger partial charge in [0, 0.05) is 25.3 Å². The quantitative estimate of drug-likeness (QED) is 0.749. The van der Waals surface area contributed by atoms with Crippen LogP contribution in [0.15, 0.2) is 42.5 Å². The normalized spacial score (nSPS) is 16.3. The van der Waals surface area contributed by atoms with E-state index in [1.54, 1.807) is 24.3 Å². The summed E-state index contributed by atoms with van der Waals surface area (Å²) in [7, 11) is 1.45. The number of benzene rings is 2. The molecule has 1 saturated heterocycles. The van der Waals surface area contributed by atoms with Gasteiger partial charge in [0.1, 0.15) is 11.8 Å². The van der Waals surface area contributed by atoms with Crippen LogP contribution < -0.4 is 20.7 Å². The maximum atomic E-state index is 13.3. The Balaban J connectivity index is 1.82. The van der Waals surface area contributed by atoms with E-state index in [1.165, 1.54) is 29.0 Å². The van der Waals surface area contributed by atoms with E-state index < -0.39 is 35.3 Å². The van der Waals surface area contributed by atoms with Gasteiger partial charge in [-0.05, 0) is 30.3 Å². The first kappa shape index (κ1) is 22.7. The molecule has 0 bridgehead atoms. The summed E-state index contributed by atoms with van der Waals surface area (Å²) in [6.07, 6.45) is -4.71. The summed E-state index contributed by atoms with van der Waals surface area (Å²) in [5.41, 5.74) is 4.50. The molecule has 2 aromatic rings. The molecule has 1 atom stereocenters. The Bertz CT molecular complexity index is 1070. The number of nitrogens with zero attached hydrogens (tertiary/aromatic N) is 3. The topological polar surface area (TPSA) is 112 Å². The zero-order valence-corrected chi connectivity index (χ0v) is 17.0. The maximum Gasteiger partial charge on any atom is 0.417 e. The van der Waals surface area contributed by atoms with Gasteiger partial charge < -0.3 is 25.6 Å². The number of anilines is 2. The number of methoxy groups -OCH3 is 1. The first-order chi connectivity index (χ1) is 15.2. The zero-order valence-electron chi connectivity index (χ0n) is 17.0. The molecule has 1 unspecified atom stereocenters. The molecular formula is C21H20F3N5O3. The van der Waals surface area contributed by atoms with Gasteiger partial charge in [-0.1, -0.05) is 12.1 Å². The van der Waals surface area contributed by atoms with E-state index in [-0.39, 0.29) is 25.3 Å². The molecule has 168 valence electrons. The van der Waals surface area contributed by atoms with Crippen LogP contribution in [0.5, 0.6) is 5.75 Å². The lowest BCUT2D eigenvalue weighted by Crippen LogP contribution is -2.60. The van der Waals surface area contributed by atoms with Crippen molar-refractivity contribution in [2.75, 3.05) is 37.0 Å². The van der Waals surface area contributed by atoms with Crippen molar-refractivity contribution in [1.82, 2.24) is 4.90 Å². The van der Waals surface area contributed by atoms with Crippen LogP contribution in [-0.2, 0) is 11.0 Å². The highest BCUT2D eigenvalue weighted by atomic mass is 19.4. The Morgan fingerprint density at radius 2 is 1.94 bits per heavy atom. The van der Waals surface area contributed by atoms with Crippen LogP contribution in [0, 0.1) is 11.3 Å². The van der Waals surface area contributed by atoms with Gasteiger partial charge in [0.15, 0.2) is 0 Å². The summed E-state index contributed by atoms with van der Waals surface area (Å²) in [4.78, 5) is 27.6. The third kappa shape index (κ3) is 4.69. The molecule has 0 aliphatic carbocycles. The van der Waals surface area contributed by atoms with Crippen LogP contribution in [0.4, 0.5) is 29.3 Å². The lowest BCUT2D eigenvalue weighted by Gasteiger charge is -2.41. The summed E-state index contributed by atoms with van der Waals surface area (Å²) >= 11 is 0. The number of para-hydroxylation sites is 2. The highest BCUT2D eigenvalue weighted by Gasteiger charge is 2.37. The molecule has 3 N–H and O–H groups in total. The predicted octanol–water partition coefficient (Wildman–Crippen LogP) is 2.79. The number of primary amides is 1. The van der Waals surface area contributed by atoms with E-state index in [0.717, 1.165) is 12.1 Å². The van der Waals surface area contributed by atoms with Gasteiger partial charge in [-0.25, -0.2) is 4.79 Å². The Morgan fingerprint density at radius 3 is 2.56 bits per heavy atom. The molecule has 0 spiro atoms. The standard InChI is InChI=1S/C21H20F3N5O3/c1-32-18-5-3-2-4-16(18)27-20(31)29-9-8-28(12-17(29)19(26)30)14-7-6-13(11-25)15(10-14)21(22,23)24/h2-7,10,17H,8-9,12H2,1H3,(H2,26,30)(H,27,31). The van der Waals surface area contributed by atoms with Crippen molar-refractivity contribution in [1.29, 1.82) is 5.26 Å². The average Bonchev–Trinajstić information content (AvgIpc) is 2.77. The molecule has 2 aromatic carbocycles. The van der Waals surface area contributed by atoms with Crippen LogP contribution >= 0.6 is 0 Å². The number of nitrogens with two attached hydrogens (primary N) is 1. The fourth-order valence-corrected chi connectivity index (χ4v) is 3.50. The fourth-order valence-electron chi connectivity index (χ4n) is 3.50. The number of nitrogens with one attached hydrogen (secondary N) is 1. The van der Waals surface area contributed by atoms with Crippen molar-refractivity contribution < 1.29 is 27.5 Å². The van der Waals surface area contributed by atoms with Crippen LogP contribution in [0.2, 0.25) is 0 Å². The molecule has 1 fully saturated rings. The van der Waals surface area contributed by atoms with E-state index in [0.29, 0.717) is 11.4 Å². The second-order valence-corrected chi connectivity index (χ2v) is 7.03. The highest BCUT2D eigenvalue weighted by molar-refractivity contribution is 5.95. The Kier molecular flexibility index (Phi) is 6.43. The molecule has 32 heavy (non-hydrogen) atoms. The van der Waals surface area contributed by atoms with Gasteiger partial charge in [-0.3, -0.25) is 4.79 Å². The van der Waals surface area contributed by atoms with Crippen molar-refractivity contribution in [2.45, 2.75) is 12.2 Å². The van der Waals surface area contributed by atoms with Gasteiger partial charge in [0.25, 0.3) is 0 Å². The van der Waals surface area contributed by atoms with Gasteiger partial charge >= 0.3 is 12.2 Å². The summed E-state index contributed by atoms with van der Waals surface area (Å²) in [6, 6.07) is 9.89. The third-order valence-electron chi connectivity index (χ3n) is 5.11. The number of amides is 3. The molecule has 1 heterocycles. The lowest BCUT2D eigenvalue weighted by atomic mass is 10.0. The van der Waals surface area contributed by atoms with Crippen LogP contribution in [-0.4, -0.2) is 49.6 Å². The number of hydrogen-bond acceptors (Lipinski definition) is 5. The van der Waals surface area contributed by atoms with Gasteiger partial charge in [-0.15, -0.1) is 0 Å². The lowest BCUT2D eigenvalue weighted by molar-refractivity contribution is -0.137. The second kappa shape index (κ2) is 9.05. The van der Waals surface area contributed by atoms with Crippen molar-refractivity contribution in [2.24, 2.45) is 5.73 Å². The number of carbonyl (C=O) groups is 2. The van der Waals surface area contributed by atoms with Gasteiger partial charge in [-0.2, -0.15) is 18.4 Å². The minimum Gasteiger partial charge on any atom is -0.495 e. The largest absolute Gasteiger partial charge is 0.495 e. The second-order valence-electron chi connectivity index (χ2n) is 7.03. The number of nitriles is 1. The number of halogens is 3. The number of urea groups is 1. The molecule has 1 aliphatic heterocycles. The minimum atomic E-state index is -4.71. The first-order valence-electron chi connectivity index (χ1n) is 9.52. The number of piperazine rings is 1. The van der Waals surface area contributed by atoms with E-state index in [9.17, 15) is 22.8 Å². The number of ether oxygens (including phenoxy) is 1. The Hall–Kier alpha value is -3.94. The minimum absolute atomic E-state index is 0.0376. The maximum absolute atomic E-state index is 13.3. The van der Waals surface area contributed by atoms with E-state index in [4.69, 9.17) is 15.7 Å². The number of rotatable bonds is 4. The highest BCUT2D eigenvalue weighted by Crippen LogP contribution is 2.35. The van der Waals surface area contributed by atoms with Crippen molar-refractivity contribution in [3.05, 3.63) is 53.6 Å². The molecular weight excluding hydrogens is 427 g/mol. The monoisotopic (exact) mass is 447 g/mol. The Morgan fingerprint density at radius 1 is 1.22 bits per heavy atom. The van der Waals surface area contributed by atoms with Crippen LogP contribution in [0.25, 0.3) is 0 Å². The number of hydrogen-bond donors (Lipinski definition) is 2. The first-order valence-corrected chi connectivity index (χ1v) is 9.52. The predicted molar refractivity (Wildman–Crippen MR) is 110 cm³/mol. The molecule has 0 aromatic heterocycles. The van der Waals surface area contributed by atoms with Gasteiger partial charge in [0.05, 0.1) is 30.0 Å². The van der Waals surface area contributed by atoms with E-state index >= 15 is 0 Å². The molecule has 0 saturated carbocycles. The summed E-state index contributed by atoms with van der Waals surface area (Å²) in [6.45, 7) is 0.0974. The SMILES string of the molecule is COc1ccccc1NC(=O)N1CCN(c2ccc(C#N)c(C(F)(F)F)c2)CC1C(N)=O. The number of alkyl halides is 3.